The van der Waals surface area contributed by atoms with Crippen LogP contribution in [0.25, 0.3) is 10.6 Å². The van der Waals surface area contributed by atoms with Gasteiger partial charge in [-0.3, -0.25) is 0 Å². The second kappa shape index (κ2) is 7.09. The van der Waals surface area contributed by atoms with Crippen molar-refractivity contribution >= 4 is 34.9 Å². The molecule has 1 aromatic heterocycles. The van der Waals surface area contributed by atoms with Gasteiger partial charge < -0.3 is 9.83 Å². The number of carboxylic acid groups (broad SMARTS) is 1. The van der Waals surface area contributed by atoms with E-state index in [2.05, 4.69) is 9.71 Å². The van der Waals surface area contributed by atoms with E-state index in [-0.39, 0.29) is 5.82 Å². The summed E-state index contributed by atoms with van der Waals surface area (Å²) in [7, 11) is 0. The number of halogens is 1. The molecule has 0 bridgehead atoms. The quantitative estimate of drug-likeness (QED) is 0.537. The summed E-state index contributed by atoms with van der Waals surface area (Å²) in [5.74, 6) is -0.740. The number of aromatic nitrogens is 1. The third kappa shape index (κ3) is 3.73. The molecule has 4 rings (SSSR count). The predicted octanol–water partition coefficient (Wildman–Crippen LogP) is 5.64. The number of anilines is 1. The molecule has 132 valence electrons. The van der Waals surface area contributed by atoms with Crippen LogP contribution < -0.4 is 4.72 Å². The summed E-state index contributed by atoms with van der Waals surface area (Å²) in [6.07, 6.45) is 2.18. The van der Waals surface area contributed by atoms with Gasteiger partial charge in [-0.2, -0.15) is 0 Å². The molecule has 0 unspecified atom stereocenters. The highest BCUT2D eigenvalue weighted by Gasteiger charge is 2.27. The lowest BCUT2D eigenvalue weighted by molar-refractivity contribution is 0.0697. The SMILES string of the molecule is O=C(O)c1ccc(NSc2csc(-c3ccc(F)cc3)n2)c(C2CC2)c1. The number of carboxylic acids is 1. The monoisotopic (exact) mass is 386 g/mol. The maximum atomic E-state index is 13.0. The molecule has 0 spiro atoms. The highest BCUT2D eigenvalue weighted by Crippen LogP contribution is 2.44. The van der Waals surface area contributed by atoms with E-state index in [0.717, 1.165) is 39.7 Å². The molecule has 1 aliphatic rings. The average Bonchev–Trinajstić information content (AvgIpc) is 3.38. The molecular weight excluding hydrogens is 371 g/mol. The van der Waals surface area contributed by atoms with Gasteiger partial charge in [0.2, 0.25) is 0 Å². The third-order valence-electron chi connectivity index (χ3n) is 4.16. The van der Waals surface area contributed by atoms with Crippen molar-refractivity contribution in [2.24, 2.45) is 0 Å². The van der Waals surface area contributed by atoms with Crippen LogP contribution in [0.1, 0.15) is 34.7 Å². The topological polar surface area (TPSA) is 62.2 Å². The number of hydrogen-bond donors (Lipinski definition) is 2. The molecule has 1 fully saturated rings. The number of aromatic carboxylic acids is 1. The summed E-state index contributed by atoms with van der Waals surface area (Å²) in [5.41, 5.74) is 3.17. The molecule has 0 aliphatic heterocycles. The van der Waals surface area contributed by atoms with Gasteiger partial charge in [-0.05, 0) is 66.8 Å². The van der Waals surface area contributed by atoms with Crippen LogP contribution in [0.2, 0.25) is 0 Å². The van der Waals surface area contributed by atoms with Crippen molar-refractivity contribution in [2.45, 2.75) is 23.8 Å². The van der Waals surface area contributed by atoms with Crippen molar-refractivity contribution in [3.8, 4) is 10.6 Å². The predicted molar refractivity (Wildman–Crippen MR) is 102 cm³/mol. The van der Waals surface area contributed by atoms with Crippen molar-refractivity contribution in [1.82, 2.24) is 4.98 Å². The fourth-order valence-corrected chi connectivity index (χ4v) is 4.28. The Labute approximate surface area is 158 Å². The lowest BCUT2D eigenvalue weighted by Gasteiger charge is -2.10. The van der Waals surface area contributed by atoms with Gasteiger partial charge in [0.25, 0.3) is 0 Å². The molecule has 1 heterocycles. The molecular formula is C19H15FN2O2S2. The van der Waals surface area contributed by atoms with E-state index in [0.29, 0.717) is 11.5 Å². The number of carbonyl (C=O) groups is 1. The Morgan fingerprint density at radius 2 is 2.00 bits per heavy atom. The van der Waals surface area contributed by atoms with Crippen LogP contribution in [0.4, 0.5) is 10.1 Å². The lowest BCUT2D eigenvalue weighted by atomic mass is 10.0. The number of nitrogens with one attached hydrogen (secondary N) is 1. The number of thiazole rings is 1. The molecule has 1 saturated carbocycles. The van der Waals surface area contributed by atoms with E-state index in [1.54, 1.807) is 24.3 Å². The Morgan fingerprint density at radius 3 is 2.69 bits per heavy atom. The normalized spacial score (nSPS) is 13.6. The van der Waals surface area contributed by atoms with E-state index in [4.69, 9.17) is 0 Å². The first-order valence-electron chi connectivity index (χ1n) is 8.12. The largest absolute Gasteiger partial charge is 0.478 e. The fraction of sp³-hybridized carbons (Fsp3) is 0.158. The van der Waals surface area contributed by atoms with Crippen molar-refractivity contribution in [2.75, 3.05) is 4.72 Å². The van der Waals surface area contributed by atoms with Gasteiger partial charge in [0, 0.05) is 28.6 Å². The summed E-state index contributed by atoms with van der Waals surface area (Å²) in [4.78, 5) is 15.8. The molecule has 26 heavy (non-hydrogen) atoms. The van der Waals surface area contributed by atoms with Gasteiger partial charge in [-0.15, -0.1) is 11.3 Å². The first-order valence-corrected chi connectivity index (χ1v) is 9.81. The van der Waals surface area contributed by atoms with Crippen LogP contribution >= 0.6 is 23.3 Å². The third-order valence-corrected chi connectivity index (χ3v) is 5.94. The molecule has 3 aromatic rings. The zero-order chi connectivity index (χ0) is 18.1. The van der Waals surface area contributed by atoms with Crippen molar-refractivity contribution in [1.29, 1.82) is 0 Å². The molecule has 0 amide bonds. The standard InChI is InChI=1S/C19H15FN2O2S2/c20-14-6-3-12(4-7-14)18-21-17(10-25-18)26-22-16-8-5-13(19(23)24)9-15(16)11-1-2-11/h3-11,22H,1-2H2,(H,23,24). The Bertz CT molecular complexity index is 952. The highest BCUT2D eigenvalue weighted by atomic mass is 32.2. The van der Waals surface area contributed by atoms with E-state index >= 15 is 0 Å². The summed E-state index contributed by atoms with van der Waals surface area (Å²) in [6, 6.07) is 11.5. The number of nitrogens with zero attached hydrogens (tertiary/aromatic N) is 1. The number of hydrogen-bond acceptors (Lipinski definition) is 5. The Morgan fingerprint density at radius 1 is 1.23 bits per heavy atom. The summed E-state index contributed by atoms with van der Waals surface area (Å²) < 4.78 is 16.3. The van der Waals surface area contributed by atoms with E-state index < -0.39 is 5.97 Å². The second-order valence-electron chi connectivity index (χ2n) is 6.08. The van der Waals surface area contributed by atoms with Crippen LogP contribution in [0.5, 0.6) is 0 Å². The molecule has 0 saturated heterocycles. The second-order valence-corrected chi connectivity index (χ2v) is 7.77. The minimum atomic E-state index is -0.908. The molecule has 0 radical (unpaired) electrons. The first-order chi connectivity index (χ1) is 12.6. The minimum Gasteiger partial charge on any atom is -0.478 e. The van der Waals surface area contributed by atoms with Crippen LogP contribution in [0, 0.1) is 5.82 Å². The molecule has 2 N–H and O–H groups in total. The van der Waals surface area contributed by atoms with Gasteiger partial charge in [-0.1, -0.05) is 0 Å². The zero-order valence-corrected chi connectivity index (χ0v) is 15.2. The van der Waals surface area contributed by atoms with E-state index in [1.165, 1.54) is 35.4 Å². The molecule has 2 aromatic carbocycles. The Kier molecular flexibility index (Phi) is 4.65. The maximum Gasteiger partial charge on any atom is 0.335 e. The smallest absolute Gasteiger partial charge is 0.335 e. The van der Waals surface area contributed by atoms with Gasteiger partial charge in [-0.25, -0.2) is 14.2 Å². The fourth-order valence-electron chi connectivity index (χ4n) is 2.66. The molecule has 0 atom stereocenters. The van der Waals surface area contributed by atoms with Crippen LogP contribution in [0.15, 0.2) is 52.9 Å². The summed E-state index contributed by atoms with van der Waals surface area (Å²) >= 11 is 2.89. The Hall–Kier alpha value is -2.38. The van der Waals surface area contributed by atoms with Crippen LogP contribution in [-0.4, -0.2) is 16.1 Å². The van der Waals surface area contributed by atoms with Crippen molar-refractivity contribution < 1.29 is 14.3 Å². The van der Waals surface area contributed by atoms with Gasteiger partial charge in [0.05, 0.1) is 5.56 Å². The Balaban J connectivity index is 1.49. The first kappa shape index (κ1) is 17.1. The molecule has 7 heteroatoms. The minimum absolute atomic E-state index is 0.265. The number of benzene rings is 2. The lowest BCUT2D eigenvalue weighted by Crippen LogP contribution is -2.00. The highest BCUT2D eigenvalue weighted by molar-refractivity contribution is 8.00. The van der Waals surface area contributed by atoms with E-state index in [9.17, 15) is 14.3 Å². The van der Waals surface area contributed by atoms with Crippen molar-refractivity contribution in [3.05, 3.63) is 64.8 Å². The van der Waals surface area contributed by atoms with Gasteiger partial charge >= 0.3 is 5.97 Å². The van der Waals surface area contributed by atoms with Gasteiger partial charge in [0.15, 0.2) is 0 Å². The summed E-state index contributed by atoms with van der Waals surface area (Å²) in [5, 5.41) is 12.8. The van der Waals surface area contributed by atoms with Gasteiger partial charge in [0.1, 0.15) is 15.9 Å². The summed E-state index contributed by atoms with van der Waals surface area (Å²) in [6.45, 7) is 0. The van der Waals surface area contributed by atoms with E-state index in [1.807, 2.05) is 11.4 Å². The zero-order valence-electron chi connectivity index (χ0n) is 13.6. The van der Waals surface area contributed by atoms with Crippen molar-refractivity contribution in [3.63, 3.8) is 0 Å². The average molecular weight is 386 g/mol. The molecule has 4 nitrogen and oxygen atoms in total. The molecule has 1 aliphatic carbocycles. The van der Waals surface area contributed by atoms with Crippen LogP contribution in [0.3, 0.4) is 0 Å². The van der Waals surface area contributed by atoms with Crippen LogP contribution in [-0.2, 0) is 0 Å². The maximum absolute atomic E-state index is 13.0. The number of rotatable bonds is 6.